The van der Waals surface area contributed by atoms with E-state index < -0.39 is 0 Å². The van der Waals surface area contributed by atoms with Gasteiger partial charge in [-0.2, -0.15) is 4.80 Å². The Hall–Kier alpha value is -2.44. The second-order valence-electron chi connectivity index (χ2n) is 5.66. The van der Waals surface area contributed by atoms with Crippen molar-refractivity contribution in [2.45, 2.75) is 39.3 Å². The van der Waals surface area contributed by atoms with Crippen LogP contribution in [0.5, 0.6) is 5.75 Å². The van der Waals surface area contributed by atoms with Crippen molar-refractivity contribution in [1.29, 1.82) is 0 Å². The number of hydrogen-bond donors (Lipinski definition) is 1. The SMILES string of the molecule is CCC(C)(C)NC(=O)Cn1nnc(-c2cccc(OC)c2)n1. The predicted molar refractivity (Wildman–Crippen MR) is 82.3 cm³/mol. The van der Waals surface area contributed by atoms with Crippen molar-refractivity contribution >= 4 is 5.91 Å². The number of nitrogens with one attached hydrogen (secondary N) is 1. The van der Waals surface area contributed by atoms with Crippen LogP contribution < -0.4 is 10.1 Å². The summed E-state index contributed by atoms with van der Waals surface area (Å²) in [6, 6.07) is 7.38. The molecule has 1 aromatic heterocycles. The van der Waals surface area contributed by atoms with Crippen LogP contribution in [-0.4, -0.2) is 38.8 Å². The average molecular weight is 303 g/mol. The lowest BCUT2D eigenvalue weighted by Gasteiger charge is -2.24. The third-order valence-corrected chi connectivity index (χ3v) is 3.43. The van der Waals surface area contributed by atoms with Crippen LogP contribution in [0.3, 0.4) is 0 Å². The third kappa shape index (κ3) is 4.03. The molecule has 0 atom stereocenters. The fourth-order valence-corrected chi connectivity index (χ4v) is 1.82. The largest absolute Gasteiger partial charge is 0.497 e. The molecular weight excluding hydrogens is 282 g/mol. The number of hydrogen-bond acceptors (Lipinski definition) is 5. The van der Waals surface area contributed by atoms with Crippen LogP contribution in [0.15, 0.2) is 24.3 Å². The van der Waals surface area contributed by atoms with E-state index in [1.807, 2.05) is 45.0 Å². The fraction of sp³-hybridized carbons (Fsp3) is 0.467. The smallest absolute Gasteiger partial charge is 0.244 e. The number of carbonyl (C=O) groups is 1. The number of benzene rings is 1. The van der Waals surface area contributed by atoms with E-state index in [4.69, 9.17) is 4.74 Å². The fourth-order valence-electron chi connectivity index (χ4n) is 1.82. The van der Waals surface area contributed by atoms with Gasteiger partial charge in [0.1, 0.15) is 12.3 Å². The van der Waals surface area contributed by atoms with Crippen LogP contribution in [0.4, 0.5) is 0 Å². The van der Waals surface area contributed by atoms with Crippen molar-refractivity contribution < 1.29 is 9.53 Å². The normalized spacial score (nSPS) is 11.3. The predicted octanol–water partition coefficient (Wildman–Crippen LogP) is 1.65. The summed E-state index contributed by atoms with van der Waals surface area (Å²) in [5.74, 6) is 1.04. The highest BCUT2D eigenvalue weighted by Crippen LogP contribution is 2.19. The molecule has 7 heteroatoms. The molecule has 1 N–H and O–H groups in total. The second kappa shape index (κ2) is 6.55. The van der Waals surface area contributed by atoms with Crippen LogP contribution in [0.1, 0.15) is 27.2 Å². The Kier molecular flexibility index (Phi) is 4.75. The van der Waals surface area contributed by atoms with Gasteiger partial charge in [0.15, 0.2) is 0 Å². The average Bonchev–Trinajstić information content (AvgIpc) is 2.95. The molecule has 22 heavy (non-hydrogen) atoms. The van der Waals surface area contributed by atoms with Gasteiger partial charge < -0.3 is 10.1 Å². The minimum atomic E-state index is -0.243. The Balaban J connectivity index is 2.06. The minimum Gasteiger partial charge on any atom is -0.497 e. The summed E-state index contributed by atoms with van der Waals surface area (Å²) in [5, 5.41) is 15.1. The maximum atomic E-state index is 12.0. The number of nitrogens with zero attached hydrogens (tertiary/aromatic N) is 4. The molecule has 118 valence electrons. The molecule has 2 aromatic rings. The van der Waals surface area contributed by atoms with Crippen LogP contribution in [0, 0.1) is 0 Å². The Morgan fingerprint density at radius 3 is 2.86 bits per heavy atom. The number of aromatic nitrogens is 4. The van der Waals surface area contributed by atoms with Crippen molar-refractivity contribution in [1.82, 2.24) is 25.5 Å². The quantitative estimate of drug-likeness (QED) is 0.877. The van der Waals surface area contributed by atoms with Crippen molar-refractivity contribution in [3.63, 3.8) is 0 Å². The highest BCUT2D eigenvalue weighted by Gasteiger charge is 2.18. The summed E-state index contributed by atoms with van der Waals surface area (Å²) in [6.07, 6.45) is 0.846. The van der Waals surface area contributed by atoms with E-state index >= 15 is 0 Å². The molecule has 7 nitrogen and oxygen atoms in total. The van der Waals surface area contributed by atoms with Gasteiger partial charge >= 0.3 is 0 Å². The third-order valence-electron chi connectivity index (χ3n) is 3.43. The first-order valence-electron chi connectivity index (χ1n) is 7.17. The molecule has 1 heterocycles. The molecule has 0 aliphatic carbocycles. The van der Waals surface area contributed by atoms with Gasteiger partial charge in [0, 0.05) is 11.1 Å². The Morgan fingerprint density at radius 2 is 2.18 bits per heavy atom. The first-order valence-corrected chi connectivity index (χ1v) is 7.17. The summed E-state index contributed by atoms with van der Waals surface area (Å²) in [6.45, 7) is 6.01. The summed E-state index contributed by atoms with van der Waals surface area (Å²) in [5.41, 5.74) is 0.549. The summed E-state index contributed by atoms with van der Waals surface area (Å²) >= 11 is 0. The number of amides is 1. The molecule has 0 aliphatic rings. The van der Waals surface area contributed by atoms with E-state index in [-0.39, 0.29) is 18.0 Å². The summed E-state index contributed by atoms with van der Waals surface area (Å²) in [4.78, 5) is 13.3. The van der Waals surface area contributed by atoms with E-state index in [0.717, 1.165) is 17.7 Å². The molecule has 0 aliphatic heterocycles. The van der Waals surface area contributed by atoms with Crippen LogP contribution >= 0.6 is 0 Å². The Labute approximate surface area is 129 Å². The van der Waals surface area contributed by atoms with Crippen molar-refractivity contribution in [2.24, 2.45) is 0 Å². The van der Waals surface area contributed by atoms with Gasteiger partial charge in [0.2, 0.25) is 11.7 Å². The lowest BCUT2D eigenvalue weighted by atomic mass is 10.0. The molecule has 0 saturated heterocycles. The molecule has 1 amide bonds. The highest BCUT2D eigenvalue weighted by molar-refractivity contribution is 5.76. The minimum absolute atomic E-state index is 0.0421. The van der Waals surface area contributed by atoms with Crippen molar-refractivity contribution in [3.8, 4) is 17.1 Å². The molecule has 1 aromatic carbocycles. The van der Waals surface area contributed by atoms with E-state index in [0.29, 0.717) is 5.82 Å². The van der Waals surface area contributed by atoms with E-state index in [1.54, 1.807) is 7.11 Å². The van der Waals surface area contributed by atoms with Crippen LogP contribution in [-0.2, 0) is 11.3 Å². The molecule has 2 rings (SSSR count). The molecule has 0 spiro atoms. The van der Waals surface area contributed by atoms with Gasteiger partial charge in [0.25, 0.3) is 0 Å². The number of carbonyl (C=O) groups excluding carboxylic acids is 1. The maximum absolute atomic E-state index is 12.0. The zero-order valence-corrected chi connectivity index (χ0v) is 13.3. The van der Waals surface area contributed by atoms with Gasteiger partial charge in [-0.1, -0.05) is 19.1 Å². The molecular formula is C15H21N5O2. The number of methoxy groups -OCH3 is 1. The van der Waals surface area contributed by atoms with E-state index in [9.17, 15) is 4.79 Å². The second-order valence-corrected chi connectivity index (χ2v) is 5.66. The lowest BCUT2D eigenvalue weighted by Crippen LogP contribution is -2.44. The number of ether oxygens (including phenoxy) is 1. The summed E-state index contributed by atoms with van der Waals surface area (Å²) in [7, 11) is 1.60. The van der Waals surface area contributed by atoms with E-state index in [2.05, 4.69) is 20.7 Å². The standard InChI is InChI=1S/C15H21N5O2/c1-5-15(2,3)16-13(21)10-20-18-14(17-19-20)11-7-6-8-12(9-11)22-4/h6-9H,5,10H2,1-4H3,(H,16,21). The number of rotatable bonds is 6. The van der Waals surface area contributed by atoms with Gasteiger partial charge in [-0.05, 0) is 37.6 Å². The zero-order valence-electron chi connectivity index (χ0n) is 13.3. The van der Waals surface area contributed by atoms with Gasteiger partial charge in [0.05, 0.1) is 7.11 Å². The molecule has 0 fully saturated rings. The maximum Gasteiger partial charge on any atom is 0.244 e. The molecule has 0 unspecified atom stereocenters. The van der Waals surface area contributed by atoms with Crippen LogP contribution in [0.2, 0.25) is 0 Å². The van der Waals surface area contributed by atoms with Crippen LogP contribution in [0.25, 0.3) is 11.4 Å². The molecule has 0 radical (unpaired) electrons. The van der Waals surface area contributed by atoms with Crippen molar-refractivity contribution in [3.05, 3.63) is 24.3 Å². The molecule has 0 bridgehead atoms. The van der Waals surface area contributed by atoms with E-state index in [1.165, 1.54) is 4.80 Å². The first-order chi connectivity index (χ1) is 10.4. The monoisotopic (exact) mass is 303 g/mol. The van der Waals surface area contributed by atoms with Gasteiger partial charge in [-0.15, -0.1) is 10.2 Å². The molecule has 0 saturated carbocycles. The highest BCUT2D eigenvalue weighted by atomic mass is 16.5. The Morgan fingerprint density at radius 1 is 1.41 bits per heavy atom. The summed E-state index contributed by atoms with van der Waals surface area (Å²) < 4.78 is 5.17. The number of tetrazole rings is 1. The topological polar surface area (TPSA) is 81.9 Å². The zero-order chi connectivity index (χ0) is 16.2. The van der Waals surface area contributed by atoms with Crippen molar-refractivity contribution in [2.75, 3.05) is 7.11 Å². The first kappa shape index (κ1) is 15.9. The van der Waals surface area contributed by atoms with Gasteiger partial charge in [-0.3, -0.25) is 4.79 Å². The van der Waals surface area contributed by atoms with Gasteiger partial charge in [-0.25, -0.2) is 0 Å². The Bertz CT molecular complexity index is 651. The lowest BCUT2D eigenvalue weighted by molar-refractivity contribution is -0.123.